The SMILES string of the molecule is CCCC[C@H](C)C[C@H](O)/C=C/[C@@H]1[C@H]2CC(Cc3ccccc3C(N)=O)=C[C@H]2C[C@H]1O. The van der Waals surface area contributed by atoms with Gasteiger partial charge >= 0.3 is 0 Å². The van der Waals surface area contributed by atoms with Crippen molar-refractivity contribution < 1.29 is 15.0 Å². The van der Waals surface area contributed by atoms with Gasteiger partial charge in [-0.05, 0) is 55.1 Å². The lowest BCUT2D eigenvalue weighted by molar-refractivity contribution is 0.0999. The Morgan fingerprint density at radius 3 is 2.83 bits per heavy atom. The zero-order valence-electron chi connectivity index (χ0n) is 18.3. The van der Waals surface area contributed by atoms with Gasteiger partial charge < -0.3 is 15.9 Å². The molecule has 0 bridgehead atoms. The molecule has 2 aliphatic rings. The van der Waals surface area contributed by atoms with Gasteiger partial charge in [-0.15, -0.1) is 0 Å². The van der Waals surface area contributed by atoms with Crippen LogP contribution in [0.15, 0.2) is 48.1 Å². The molecule has 4 nitrogen and oxygen atoms in total. The maximum Gasteiger partial charge on any atom is 0.248 e. The van der Waals surface area contributed by atoms with Gasteiger partial charge in [-0.2, -0.15) is 0 Å². The number of rotatable bonds is 10. The van der Waals surface area contributed by atoms with Gasteiger partial charge in [0, 0.05) is 11.5 Å². The van der Waals surface area contributed by atoms with Crippen LogP contribution in [0.5, 0.6) is 0 Å². The van der Waals surface area contributed by atoms with Crippen LogP contribution in [0.2, 0.25) is 0 Å². The summed E-state index contributed by atoms with van der Waals surface area (Å²) in [4.78, 5) is 11.7. The Kier molecular flexibility index (Phi) is 7.90. The third-order valence-electron chi connectivity index (χ3n) is 6.90. The van der Waals surface area contributed by atoms with E-state index in [9.17, 15) is 15.0 Å². The number of carbonyl (C=O) groups is 1. The zero-order valence-corrected chi connectivity index (χ0v) is 18.3. The van der Waals surface area contributed by atoms with E-state index in [-0.39, 0.29) is 17.9 Å². The van der Waals surface area contributed by atoms with Crippen molar-refractivity contribution in [1.82, 2.24) is 0 Å². The van der Waals surface area contributed by atoms with Gasteiger partial charge in [-0.25, -0.2) is 0 Å². The van der Waals surface area contributed by atoms with Gasteiger partial charge in [0.2, 0.25) is 5.91 Å². The summed E-state index contributed by atoms with van der Waals surface area (Å²) in [6.45, 7) is 4.39. The van der Waals surface area contributed by atoms with E-state index >= 15 is 0 Å². The highest BCUT2D eigenvalue weighted by Gasteiger charge is 2.43. The van der Waals surface area contributed by atoms with Crippen molar-refractivity contribution in [2.75, 3.05) is 0 Å². The van der Waals surface area contributed by atoms with E-state index in [4.69, 9.17) is 5.73 Å². The summed E-state index contributed by atoms with van der Waals surface area (Å²) in [5.41, 5.74) is 8.41. The van der Waals surface area contributed by atoms with E-state index in [0.717, 1.165) is 37.7 Å². The predicted molar refractivity (Wildman–Crippen MR) is 121 cm³/mol. The molecule has 0 aromatic heterocycles. The first-order valence-electron chi connectivity index (χ1n) is 11.5. The van der Waals surface area contributed by atoms with Crippen LogP contribution in [-0.2, 0) is 6.42 Å². The third kappa shape index (κ3) is 5.61. The number of benzene rings is 1. The molecule has 164 valence electrons. The van der Waals surface area contributed by atoms with Crippen molar-refractivity contribution in [3.63, 3.8) is 0 Å². The Hall–Kier alpha value is -1.91. The molecule has 2 aliphatic carbocycles. The summed E-state index contributed by atoms with van der Waals surface area (Å²) < 4.78 is 0. The number of hydrogen-bond donors (Lipinski definition) is 3. The van der Waals surface area contributed by atoms with Gasteiger partial charge in [0.1, 0.15) is 0 Å². The second-order valence-electron chi connectivity index (χ2n) is 9.37. The Labute approximate surface area is 180 Å². The fraction of sp³-hybridized carbons (Fsp3) is 0.577. The molecule has 0 spiro atoms. The smallest absolute Gasteiger partial charge is 0.248 e. The number of aliphatic hydroxyl groups excluding tert-OH is 2. The largest absolute Gasteiger partial charge is 0.392 e. The normalized spacial score (nSPS) is 27.8. The molecule has 6 atom stereocenters. The van der Waals surface area contributed by atoms with Crippen LogP contribution >= 0.6 is 0 Å². The highest BCUT2D eigenvalue weighted by molar-refractivity contribution is 5.94. The molecule has 0 heterocycles. The first-order chi connectivity index (χ1) is 14.4. The quantitative estimate of drug-likeness (QED) is 0.499. The van der Waals surface area contributed by atoms with Crippen molar-refractivity contribution in [3.8, 4) is 0 Å². The Morgan fingerprint density at radius 1 is 1.33 bits per heavy atom. The van der Waals surface area contributed by atoms with Gasteiger partial charge in [0.25, 0.3) is 0 Å². The van der Waals surface area contributed by atoms with Crippen molar-refractivity contribution in [2.24, 2.45) is 29.4 Å². The standard InChI is InChI=1S/C26H37NO3/c1-3-4-7-17(2)12-21(28)10-11-23-24-15-18(14-20(24)16-25(23)29)13-19-8-5-6-9-22(19)26(27)30/h5-6,8-11,14,17,20-21,23-25,28-29H,3-4,7,12-13,15-16H2,1-2H3,(H2,27,30)/b11-10+/t17-,20-,21+,23+,24-,25+/m0/s1. The van der Waals surface area contributed by atoms with Crippen LogP contribution in [-0.4, -0.2) is 28.3 Å². The number of primary amides is 1. The van der Waals surface area contributed by atoms with E-state index < -0.39 is 6.10 Å². The lowest BCUT2D eigenvalue weighted by Crippen LogP contribution is -2.18. The van der Waals surface area contributed by atoms with E-state index in [1.165, 1.54) is 18.4 Å². The van der Waals surface area contributed by atoms with Gasteiger partial charge in [-0.1, -0.05) is 75.1 Å². The van der Waals surface area contributed by atoms with E-state index in [2.05, 4.69) is 26.0 Å². The molecule has 0 radical (unpaired) electrons. The summed E-state index contributed by atoms with van der Waals surface area (Å²) in [6, 6.07) is 7.53. The Balaban J connectivity index is 1.59. The molecular formula is C26H37NO3. The molecule has 0 aliphatic heterocycles. The van der Waals surface area contributed by atoms with Crippen molar-refractivity contribution >= 4 is 5.91 Å². The van der Waals surface area contributed by atoms with E-state index in [1.54, 1.807) is 6.07 Å². The maximum atomic E-state index is 11.7. The Morgan fingerprint density at radius 2 is 2.10 bits per heavy atom. The monoisotopic (exact) mass is 411 g/mol. The van der Waals surface area contributed by atoms with E-state index in [1.807, 2.05) is 24.3 Å². The molecule has 0 unspecified atom stereocenters. The summed E-state index contributed by atoms with van der Waals surface area (Å²) in [5, 5.41) is 21.0. The van der Waals surface area contributed by atoms with Crippen molar-refractivity contribution in [1.29, 1.82) is 0 Å². The molecule has 1 aromatic carbocycles. The molecule has 4 heteroatoms. The Bertz CT molecular complexity index is 784. The fourth-order valence-electron chi connectivity index (χ4n) is 5.31. The number of amides is 1. The predicted octanol–water partition coefficient (Wildman–Crippen LogP) is 4.40. The molecule has 3 rings (SSSR count). The van der Waals surface area contributed by atoms with Crippen LogP contribution in [0.4, 0.5) is 0 Å². The molecule has 4 N–H and O–H groups in total. The van der Waals surface area contributed by atoms with Crippen LogP contribution < -0.4 is 5.73 Å². The maximum absolute atomic E-state index is 11.7. The van der Waals surface area contributed by atoms with Gasteiger partial charge in [-0.3, -0.25) is 4.79 Å². The molecule has 30 heavy (non-hydrogen) atoms. The van der Waals surface area contributed by atoms with Crippen molar-refractivity contribution in [3.05, 3.63) is 59.2 Å². The van der Waals surface area contributed by atoms with Crippen molar-refractivity contribution in [2.45, 2.75) is 71.0 Å². The molecular weight excluding hydrogens is 374 g/mol. The molecule has 0 saturated heterocycles. The minimum atomic E-state index is -0.445. The third-order valence-corrected chi connectivity index (χ3v) is 6.90. The van der Waals surface area contributed by atoms with Crippen LogP contribution in [0, 0.1) is 23.7 Å². The average molecular weight is 412 g/mol. The summed E-state index contributed by atoms with van der Waals surface area (Å²) in [6.07, 6.45) is 12.2. The first kappa shape index (κ1) is 22.8. The molecule has 1 saturated carbocycles. The lowest BCUT2D eigenvalue weighted by atomic mass is 9.87. The first-order valence-corrected chi connectivity index (χ1v) is 11.5. The number of aliphatic hydroxyl groups is 2. The lowest BCUT2D eigenvalue weighted by Gasteiger charge is -2.20. The number of unbranched alkanes of at least 4 members (excludes halogenated alkanes) is 1. The second-order valence-corrected chi connectivity index (χ2v) is 9.37. The molecule has 1 fully saturated rings. The van der Waals surface area contributed by atoms with Gasteiger partial charge in [0.15, 0.2) is 0 Å². The topological polar surface area (TPSA) is 83.5 Å². The number of allylic oxidation sites excluding steroid dienone is 2. The molecule has 1 aromatic rings. The summed E-state index contributed by atoms with van der Waals surface area (Å²) in [5.74, 6) is 0.942. The van der Waals surface area contributed by atoms with E-state index in [0.29, 0.717) is 23.3 Å². The second kappa shape index (κ2) is 10.4. The van der Waals surface area contributed by atoms with Gasteiger partial charge in [0.05, 0.1) is 12.2 Å². The fourth-order valence-corrected chi connectivity index (χ4v) is 5.31. The molecule has 1 amide bonds. The van der Waals surface area contributed by atoms with Crippen LogP contribution in [0.1, 0.15) is 68.3 Å². The summed E-state index contributed by atoms with van der Waals surface area (Å²) in [7, 11) is 0. The highest BCUT2D eigenvalue weighted by Crippen LogP contribution is 2.48. The highest BCUT2D eigenvalue weighted by atomic mass is 16.3. The van der Waals surface area contributed by atoms with Crippen LogP contribution in [0.3, 0.4) is 0 Å². The average Bonchev–Trinajstić information content (AvgIpc) is 3.21. The number of fused-ring (bicyclic) bond motifs is 1. The summed E-state index contributed by atoms with van der Waals surface area (Å²) >= 11 is 0. The number of nitrogens with two attached hydrogens (primary N) is 1. The minimum absolute atomic E-state index is 0.0794. The zero-order chi connectivity index (χ0) is 21.7. The minimum Gasteiger partial charge on any atom is -0.392 e. The number of carbonyl (C=O) groups excluding carboxylic acids is 1. The van der Waals surface area contributed by atoms with Crippen LogP contribution in [0.25, 0.3) is 0 Å². The number of hydrogen-bond acceptors (Lipinski definition) is 3.